The summed E-state index contributed by atoms with van der Waals surface area (Å²) < 4.78 is 5.43. The molecule has 5 heteroatoms. The van der Waals surface area contributed by atoms with E-state index in [4.69, 9.17) is 10.5 Å². The van der Waals surface area contributed by atoms with Crippen molar-refractivity contribution in [2.24, 2.45) is 0 Å². The third-order valence-electron chi connectivity index (χ3n) is 4.80. The second-order valence-corrected chi connectivity index (χ2v) is 6.25. The number of piperazine rings is 1. The summed E-state index contributed by atoms with van der Waals surface area (Å²) in [7, 11) is 0. The number of carbonyl (C=O) groups excluding carboxylic acids is 1. The fourth-order valence-electron chi connectivity index (χ4n) is 3.38. The number of aryl methyl sites for hydroxylation is 1. The molecule has 2 saturated heterocycles. The van der Waals surface area contributed by atoms with Crippen LogP contribution in [0.25, 0.3) is 0 Å². The molecule has 2 heterocycles. The minimum Gasteiger partial charge on any atom is -0.399 e. The van der Waals surface area contributed by atoms with Gasteiger partial charge in [-0.3, -0.25) is 9.69 Å². The summed E-state index contributed by atoms with van der Waals surface area (Å²) in [5, 5.41) is 0. The molecule has 2 fully saturated rings. The first-order chi connectivity index (χ1) is 10.6. The van der Waals surface area contributed by atoms with Crippen LogP contribution in [0.5, 0.6) is 0 Å². The van der Waals surface area contributed by atoms with E-state index in [1.807, 2.05) is 24.0 Å². The molecule has 0 aromatic heterocycles. The minimum absolute atomic E-state index is 0.108. The number of carbonyl (C=O) groups is 1. The standard InChI is InChI=1S/C17H25N3O2/c1-13-2-3-14(18)12-16(13)17(21)20-8-6-19(7-9-20)15-4-10-22-11-5-15/h2-3,12,15H,4-11,18H2,1H3. The Bertz CT molecular complexity index is 533. The molecule has 1 amide bonds. The van der Waals surface area contributed by atoms with Crippen LogP contribution in [0, 0.1) is 6.92 Å². The number of hydrogen-bond acceptors (Lipinski definition) is 4. The molecule has 120 valence electrons. The third kappa shape index (κ3) is 3.25. The van der Waals surface area contributed by atoms with Gasteiger partial charge in [0.25, 0.3) is 5.91 Å². The molecule has 1 aromatic carbocycles. The summed E-state index contributed by atoms with van der Waals surface area (Å²) in [6, 6.07) is 6.18. The topological polar surface area (TPSA) is 58.8 Å². The molecule has 5 nitrogen and oxygen atoms in total. The Morgan fingerprint density at radius 3 is 2.55 bits per heavy atom. The molecule has 0 bridgehead atoms. The van der Waals surface area contributed by atoms with Crippen molar-refractivity contribution < 1.29 is 9.53 Å². The van der Waals surface area contributed by atoms with Crippen molar-refractivity contribution in [3.8, 4) is 0 Å². The zero-order chi connectivity index (χ0) is 15.5. The summed E-state index contributed by atoms with van der Waals surface area (Å²) in [4.78, 5) is 17.2. The molecular formula is C17H25N3O2. The maximum absolute atomic E-state index is 12.7. The number of nitrogen functional groups attached to an aromatic ring is 1. The van der Waals surface area contributed by atoms with Crippen LogP contribution in [0.15, 0.2) is 18.2 Å². The fraction of sp³-hybridized carbons (Fsp3) is 0.588. The van der Waals surface area contributed by atoms with Crippen molar-refractivity contribution in [2.75, 3.05) is 45.1 Å². The second kappa shape index (κ2) is 6.67. The summed E-state index contributed by atoms with van der Waals surface area (Å²) in [6.07, 6.45) is 2.23. The largest absolute Gasteiger partial charge is 0.399 e. The van der Waals surface area contributed by atoms with Gasteiger partial charge in [0, 0.05) is 56.7 Å². The molecule has 0 aliphatic carbocycles. The number of rotatable bonds is 2. The number of benzene rings is 1. The Morgan fingerprint density at radius 1 is 1.18 bits per heavy atom. The zero-order valence-corrected chi connectivity index (χ0v) is 13.3. The van der Waals surface area contributed by atoms with Gasteiger partial charge >= 0.3 is 0 Å². The number of amides is 1. The molecule has 2 aliphatic heterocycles. The Hall–Kier alpha value is -1.59. The Balaban J connectivity index is 1.61. The first kappa shape index (κ1) is 15.3. The van der Waals surface area contributed by atoms with E-state index in [2.05, 4.69) is 4.90 Å². The SMILES string of the molecule is Cc1ccc(N)cc1C(=O)N1CCN(C2CCOCC2)CC1. The van der Waals surface area contributed by atoms with Crippen molar-refractivity contribution in [1.29, 1.82) is 0 Å². The highest BCUT2D eigenvalue weighted by atomic mass is 16.5. The average Bonchev–Trinajstić information content (AvgIpc) is 2.57. The predicted octanol–water partition coefficient (Wildman–Crippen LogP) is 1.51. The van der Waals surface area contributed by atoms with Gasteiger partial charge in [0.05, 0.1) is 0 Å². The highest BCUT2D eigenvalue weighted by Gasteiger charge is 2.28. The zero-order valence-electron chi connectivity index (χ0n) is 13.3. The van der Waals surface area contributed by atoms with Crippen LogP contribution in [-0.4, -0.2) is 61.1 Å². The lowest BCUT2D eigenvalue weighted by Crippen LogP contribution is -2.53. The van der Waals surface area contributed by atoms with Crippen LogP contribution in [0.1, 0.15) is 28.8 Å². The molecule has 0 atom stereocenters. The van der Waals surface area contributed by atoms with Gasteiger partial charge in [0.1, 0.15) is 0 Å². The molecule has 0 radical (unpaired) electrons. The number of anilines is 1. The Kier molecular flexibility index (Phi) is 4.64. The van der Waals surface area contributed by atoms with Crippen LogP contribution in [0.3, 0.4) is 0 Å². The van der Waals surface area contributed by atoms with Gasteiger partial charge in [-0.05, 0) is 37.5 Å². The van der Waals surface area contributed by atoms with Gasteiger partial charge in [-0.25, -0.2) is 0 Å². The lowest BCUT2D eigenvalue weighted by Gasteiger charge is -2.40. The van der Waals surface area contributed by atoms with Crippen molar-refractivity contribution in [3.63, 3.8) is 0 Å². The molecule has 2 N–H and O–H groups in total. The molecule has 3 rings (SSSR count). The van der Waals surface area contributed by atoms with Gasteiger partial charge in [-0.15, -0.1) is 0 Å². The number of nitrogens with zero attached hydrogens (tertiary/aromatic N) is 2. The van der Waals surface area contributed by atoms with E-state index < -0.39 is 0 Å². The normalized spacial score (nSPS) is 21.0. The Labute approximate surface area is 132 Å². The summed E-state index contributed by atoms with van der Waals surface area (Å²) in [5.74, 6) is 0.108. The molecule has 1 aromatic rings. The lowest BCUT2D eigenvalue weighted by molar-refractivity contribution is 0.0137. The maximum atomic E-state index is 12.7. The second-order valence-electron chi connectivity index (χ2n) is 6.25. The number of ether oxygens (including phenoxy) is 1. The third-order valence-corrected chi connectivity index (χ3v) is 4.80. The van der Waals surface area contributed by atoms with E-state index in [1.165, 1.54) is 0 Å². The van der Waals surface area contributed by atoms with Crippen LogP contribution in [0.2, 0.25) is 0 Å². The minimum atomic E-state index is 0.108. The molecule has 0 unspecified atom stereocenters. The lowest BCUT2D eigenvalue weighted by atomic mass is 10.0. The van der Waals surface area contributed by atoms with E-state index in [0.29, 0.717) is 11.7 Å². The fourth-order valence-corrected chi connectivity index (χ4v) is 3.38. The van der Waals surface area contributed by atoms with Crippen LogP contribution >= 0.6 is 0 Å². The number of hydrogen-bond donors (Lipinski definition) is 1. The smallest absolute Gasteiger partial charge is 0.254 e. The van der Waals surface area contributed by atoms with E-state index >= 15 is 0 Å². The summed E-state index contributed by atoms with van der Waals surface area (Å²) >= 11 is 0. The molecule has 0 spiro atoms. The molecule has 2 aliphatic rings. The molecule has 22 heavy (non-hydrogen) atoms. The van der Waals surface area contributed by atoms with Crippen molar-refractivity contribution >= 4 is 11.6 Å². The van der Waals surface area contributed by atoms with Gasteiger partial charge in [-0.2, -0.15) is 0 Å². The first-order valence-electron chi connectivity index (χ1n) is 8.12. The number of nitrogens with two attached hydrogens (primary N) is 1. The van der Waals surface area contributed by atoms with Crippen molar-refractivity contribution in [2.45, 2.75) is 25.8 Å². The Morgan fingerprint density at radius 2 is 1.86 bits per heavy atom. The monoisotopic (exact) mass is 303 g/mol. The van der Waals surface area contributed by atoms with Crippen molar-refractivity contribution in [3.05, 3.63) is 29.3 Å². The molecular weight excluding hydrogens is 278 g/mol. The predicted molar refractivity (Wildman–Crippen MR) is 86.9 cm³/mol. The van der Waals surface area contributed by atoms with Crippen LogP contribution in [0.4, 0.5) is 5.69 Å². The van der Waals surface area contributed by atoms with Crippen molar-refractivity contribution in [1.82, 2.24) is 9.80 Å². The summed E-state index contributed by atoms with van der Waals surface area (Å²) in [5.41, 5.74) is 8.20. The summed E-state index contributed by atoms with van der Waals surface area (Å²) in [6.45, 7) is 7.20. The highest BCUT2D eigenvalue weighted by molar-refractivity contribution is 5.96. The van der Waals surface area contributed by atoms with E-state index in [9.17, 15) is 4.79 Å². The van der Waals surface area contributed by atoms with Gasteiger partial charge < -0.3 is 15.4 Å². The van der Waals surface area contributed by atoms with Gasteiger partial charge in [0.2, 0.25) is 0 Å². The highest BCUT2D eigenvalue weighted by Crippen LogP contribution is 2.19. The van der Waals surface area contributed by atoms with E-state index in [0.717, 1.165) is 63.4 Å². The van der Waals surface area contributed by atoms with Gasteiger partial charge in [-0.1, -0.05) is 6.07 Å². The molecule has 0 saturated carbocycles. The maximum Gasteiger partial charge on any atom is 0.254 e. The van der Waals surface area contributed by atoms with E-state index in [1.54, 1.807) is 6.07 Å². The van der Waals surface area contributed by atoms with Crippen LogP contribution < -0.4 is 5.73 Å². The quantitative estimate of drug-likeness (QED) is 0.842. The van der Waals surface area contributed by atoms with Gasteiger partial charge in [0.15, 0.2) is 0 Å². The van der Waals surface area contributed by atoms with E-state index in [-0.39, 0.29) is 5.91 Å². The first-order valence-corrected chi connectivity index (χ1v) is 8.12. The average molecular weight is 303 g/mol. The van der Waals surface area contributed by atoms with Crippen LogP contribution in [-0.2, 0) is 4.74 Å².